The number of nitro groups is 1. The summed E-state index contributed by atoms with van der Waals surface area (Å²) in [6.07, 6.45) is 0. The first kappa shape index (κ1) is 9.13. The summed E-state index contributed by atoms with van der Waals surface area (Å²) in [7, 11) is 0. The van der Waals surface area contributed by atoms with Crippen LogP contribution in [0.3, 0.4) is 0 Å². The van der Waals surface area contributed by atoms with E-state index in [2.05, 4.69) is 0 Å². The SMILES string of the molecule is Cc1c(F)ccc(C#N)c1[N+](=O)[O-]. The maximum absolute atomic E-state index is 12.8. The van der Waals surface area contributed by atoms with Crippen molar-refractivity contribution in [3.8, 4) is 6.07 Å². The lowest BCUT2D eigenvalue weighted by Crippen LogP contribution is -1.97. The second-order valence-corrected chi connectivity index (χ2v) is 2.44. The topological polar surface area (TPSA) is 66.9 Å². The van der Waals surface area contributed by atoms with E-state index in [1.807, 2.05) is 0 Å². The first-order valence-corrected chi connectivity index (χ1v) is 3.41. The zero-order chi connectivity index (χ0) is 10.0. The number of nitrogens with zero attached hydrogens (tertiary/aromatic N) is 2. The van der Waals surface area contributed by atoms with Crippen LogP contribution in [-0.2, 0) is 0 Å². The molecular weight excluding hydrogens is 175 g/mol. The smallest absolute Gasteiger partial charge is 0.258 e. The van der Waals surface area contributed by atoms with Crippen molar-refractivity contribution in [2.45, 2.75) is 6.92 Å². The van der Waals surface area contributed by atoms with Gasteiger partial charge in [-0.1, -0.05) is 0 Å². The van der Waals surface area contributed by atoms with Gasteiger partial charge >= 0.3 is 0 Å². The lowest BCUT2D eigenvalue weighted by atomic mass is 10.1. The van der Waals surface area contributed by atoms with Crippen molar-refractivity contribution in [3.05, 3.63) is 39.2 Å². The van der Waals surface area contributed by atoms with Gasteiger partial charge in [0.25, 0.3) is 5.69 Å². The minimum Gasteiger partial charge on any atom is -0.258 e. The lowest BCUT2D eigenvalue weighted by Gasteiger charge is -1.99. The Bertz CT molecular complexity index is 409. The molecule has 0 radical (unpaired) electrons. The van der Waals surface area contributed by atoms with Crippen molar-refractivity contribution in [2.75, 3.05) is 0 Å². The van der Waals surface area contributed by atoms with Crippen LogP contribution in [0.15, 0.2) is 12.1 Å². The van der Waals surface area contributed by atoms with E-state index in [1.165, 1.54) is 6.92 Å². The van der Waals surface area contributed by atoms with Crippen LogP contribution in [0.4, 0.5) is 10.1 Å². The van der Waals surface area contributed by atoms with Crippen molar-refractivity contribution in [1.29, 1.82) is 5.26 Å². The molecule has 66 valence electrons. The normalized spacial score (nSPS) is 9.31. The average Bonchev–Trinajstić information content (AvgIpc) is 2.08. The molecule has 0 aromatic heterocycles. The summed E-state index contributed by atoms with van der Waals surface area (Å²) in [5.41, 5.74) is -0.685. The molecule has 1 aromatic carbocycles. The summed E-state index contributed by atoms with van der Waals surface area (Å²) in [6.45, 7) is 1.27. The molecule has 0 amide bonds. The van der Waals surface area contributed by atoms with Gasteiger partial charge in [-0.25, -0.2) is 4.39 Å². The summed E-state index contributed by atoms with van der Waals surface area (Å²) in [5.74, 6) is -0.675. The molecule has 0 aliphatic carbocycles. The molecule has 0 spiro atoms. The fourth-order valence-electron chi connectivity index (χ4n) is 1.00. The first-order valence-electron chi connectivity index (χ1n) is 3.41. The van der Waals surface area contributed by atoms with Gasteiger partial charge in [-0.15, -0.1) is 0 Å². The van der Waals surface area contributed by atoms with Crippen LogP contribution in [0.2, 0.25) is 0 Å². The molecule has 1 rings (SSSR count). The number of halogens is 1. The summed E-state index contributed by atoms with van der Waals surface area (Å²) in [6, 6.07) is 3.78. The molecule has 0 aliphatic heterocycles. The molecule has 0 bridgehead atoms. The molecular formula is C8H5FN2O2. The van der Waals surface area contributed by atoms with Crippen molar-refractivity contribution >= 4 is 5.69 Å². The Morgan fingerprint density at radius 2 is 2.23 bits per heavy atom. The Labute approximate surface area is 73.4 Å². The van der Waals surface area contributed by atoms with Gasteiger partial charge in [-0.2, -0.15) is 5.26 Å². The molecule has 0 fully saturated rings. The van der Waals surface area contributed by atoms with Gasteiger partial charge < -0.3 is 0 Å². The third-order valence-electron chi connectivity index (χ3n) is 1.67. The van der Waals surface area contributed by atoms with Crippen LogP contribution in [0.1, 0.15) is 11.1 Å². The Balaban J connectivity index is 3.53. The van der Waals surface area contributed by atoms with Gasteiger partial charge in [0.05, 0.1) is 10.5 Å². The highest BCUT2D eigenvalue weighted by molar-refractivity contribution is 5.53. The number of hydrogen-bond donors (Lipinski definition) is 0. The zero-order valence-corrected chi connectivity index (χ0v) is 6.74. The lowest BCUT2D eigenvalue weighted by molar-refractivity contribution is -0.385. The highest BCUT2D eigenvalue weighted by Gasteiger charge is 2.19. The van der Waals surface area contributed by atoms with Gasteiger partial charge in [-0.05, 0) is 19.1 Å². The van der Waals surface area contributed by atoms with Crippen LogP contribution >= 0.6 is 0 Å². The summed E-state index contributed by atoms with van der Waals surface area (Å²) >= 11 is 0. The minimum atomic E-state index is -0.753. The monoisotopic (exact) mass is 180 g/mol. The molecule has 0 N–H and O–H groups in total. The molecule has 0 aliphatic rings. The van der Waals surface area contributed by atoms with E-state index in [4.69, 9.17) is 5.26 Å². The van der Waals surface area contributed by atoms with Crippen LogP contribution < -0.4 is 0 Å². The Hall–Kier alpha value is -1.96. The number of rotatable bonds is 1. The summed E-state index contributed by atoms with van der Waals surface area (Å²) in [4.78, 5) is 9.69. The zero-order valence-electron chi connectivity index (χ0n) is 6.74. The predicted molar refractivity (Wildman–Crippen MR) is 42.5 cm³/mol. The highest BCUT2D eigenvalue weighted by atomic mass is 19.1. The molecule has 13 heavy (non-hydrogen) atoms. The van der Waals surface area contributed by atoms with Gasteiger partial charge in [0.1, 0.15) is 17.4 Å². The molecule has 0 saturated heterocycles. The van der Waals surface area contributed by atoms with Crippen molar-refractivity contribution < 1.29 is 9.31 Å². The third kappa shape index (κ3) is 1.47. The second-order valence-electron chi connectivity index (χ2n) is 2.44. The summed E-state index contributed by atoms with van der Waals surface area (Å²) < 4.78 is 12.8. The van der Waals surface area contributed by atoms with Gasteiger partial charge in [0, 0.05) is 0 Å². The van der Waals surface area contributed by atoms with E-state index in [9.17, 15) is 14.5 Å². The van der Waals surface area contributed by atoms with Gasteiger partial charge in [0.2, 0.25) is 0 Å². The quantitative estimate of drug-likeness (QED) is 0.489. The average molecular weight is 180 g/mol. The number of nitro benzene ring substituents is 1. The third-order valence-corrected chi connectivity index (χ3v) is 1.67. The van der Waals surface area contributed by atoms with Crippen molar-refractivity contribution in [2.24, 2.45) is 0 Å². The first-order chi connectivity index (χ1) is 6.07. The van der Waals surface area contributed by atoms with Crippen LogP contribution in [0.5, 0.6) is 0 Å². The molecule has 4 nitrogen and oxygen atoms in total. The predicted octanol–water partition coefficient (Wildman–Crippen LogP) is 1.91. The number of hydrogen-bond acceptors (Lipinski definition) is 3. The number of nitriles is 1. The molecule has 0 unspecified atom stereocenters. The Kier molecular flexibility index (Phi) is 2.24. The number of benzene rings is 1. The molecule has 5 heteroatoms. The van der Waals surface area contributed by atoms with Gasteiger partial charge in [-0.3, -0.25) is 10.1 Å². The van der Waals surface area contributed by atoms with E-state index in [0.717, 1.165) is 12.1 Å². The molecule has 1 aromatic rings. The van der Waals surface area contributed by atoms with Crippen molar-refractivity contribution in [1.82, 2.24) is 0 Å². The Morgan fingerprint density at radius 3 is 2.69 bits per heavy atom. The van der Waals surface area contributed by atoms with E-state index in [0.29, 0.717) is 0 Å². The fourth-order valence-corrected chi connectivity index (χ4v) is 1.00. The Morgan fingerprint density at radius 1 is 1.62 bits per heavy atom. The van der Waals surface area contributed by atoms with E-state index >= 15 is 0 Å². The highest BCUT2D eigenvalue weighted by Crippen LogP contribution is 2.24. The standard InChI is InChI=1S/C8H5FN2O2/c1-5-7(9)3-2-6(4-10)8(5)11(12)13/h2-3H,1H3. The van der Waals surface area contributed by atoms with E-state index in [-0.39, 0.29) is 11.1 Å². The van der Waals surface area contributed by atoms with E-state index in [1.54, 1.807) is 6.07 Å². The maximum atomic E-state index is 12.8. The molecule has 0 heterocycles. The maximum Gasteiger partial charge on any atom is 0.292 e. The molecule has 0 saturated carbocycles. The van der Waals surface area contributed by atoms with E-state index < -0.39 is 16.4 Å². The van der Waals surface area contributed by atoms with Crippen molar-refractivity contribution in [3.63, 3.8) is 0 Å². The van der Waals surface area contributed by atoms with Crippen LogP contribution in [-0.4, -0.2) is 4.92 Å². The largest absolute Gasteiger partial charge is 0.292 e. The van der Waals surface area contributed by atoms with Gasteiger partial charge in [0.15, 0.2) is 0 Å². The minimum absolute atomic E-state index is 0.107. The molecule has 0 atom stereocenters. The fraction of sp³-hybridized carbons (Fsp3) is 0.125. The van der Waals surface area contributed by atoms with Crippen LogP contribution in [0, 0.1) is 34.2 Å². The second kappa shape index (κ2) is 3.19. The van der Waals surface area contributed by atoms with Crippen LogP contribution in [0.25, 0.3) is 0 Å². The summed E-state index contributed by atoms with van der Waals surface area (Å²) in [5, 5.41) is 18.9.